The largest absolute Gasteiger partial charge is 0.481 e. The van der Waals surface area contributed by atoms with E-state index in [1.165, 1.54) is 26.1 Å². The molecule has 1 aliphatic rings. The molecule has 3 N–H and O–H groups in total. The fourth-order valence-electron chi connectivity index (χ4n) is 3.90. The Morgan fingerprint density at radius 2 is 1.69 bits per heavy atom. The molecule has 0 aliphatic heterocycles. The first-order valence-electron chi connectivity index (χ1n) is 11.8. The summed E-state index contributed by atoms with van der Waals surface area (Å²) in [6.45, 7) is 3.90. The zero-order valence-electron chi connectivity index (χ0n) is 20.3. The van der Waals surface area contributed by atoms with Gasteiger partial charge in [-0.15, -0.1) is 0 Å². The van der Waals surface area contributed by atoms with Crippen LogP contribution >= 0.6 is 0 Å². The van der Waals surface area contributed by atoms with Gasteiger partial charge in [0.05, 0.1) is 19.0 Å². The van der Waals surface area contributed by atoms with E-state index in [1.54, 1.807) is 24.3 Å². The zero-order valence-corrected chi connectivity index (χ0v) is 20.3. The first-order chi connectivity index (χ1) is 16.9. The van der Waals surface area contributed by atoms with Gasteiger partial charge in [-0.3, -0.25) is 14.6 Å². The van der Waals surface area contributed by atoms with Gasteiger partial charge in [0.15, 0.2) is 0 Å². The van der Waals surface area contributed by atoms with Gasteiger partial charge in [-0.2, -0.15) is 0 Å². The summed E-state index contributed by atoms with van der Waals surface area (Å²) in [6.07, 6.45) is 5.42. The summed E-state index contributed by atoms with van der Waals surface area (Å²) in [4.78, 5) is 34.4. The van der Waals surface area contributed by atoms with Gasteiger partial charge in [-0.1, -0.05) is 12.8 Å². The highest BCUT2D eigenvalue weighted by Crippen LogP contribution is 2.34. The van der Waals surface area contributed by atoms with Crippen molar-refractivity contribution < 1.29 is 14.3 Å². The van der Waals surface area contributed by atoms with Crippen LogP contribution in [-0.4, -0.2) is 34.9 Å². The SMILES string of the molecule is COc1ccc(NC(=O)[C@H](CCC2CC2)NC(=O)c2ccc(Nc3cc(C)nc(C)c3)cc2)cn1. The lowest BCUT2D eigenvalue weighted by atomic mass is 10.1. The number of hydrogen-bond donors (Lipinski definition) is 3. The van der Waals surface area contributed by atoms with Crippen LogP contribution in [-0.2, 0) is 4.79 Å². The number of rotatable bonds is 10. The quantitative estimate of drug-likeness (QED) is 0.392. The van der Waals surface area contributed by atoms with Crippen molar-refractivity contribution in [2.75, 3.05) is 17.7 Å². The molecule has 182 valence electrons. The number of nitrogens with zero attached hydrogens (tertiary/aromatic N) is 2. The monoisotopic (exact) mass is 473 g/mol. The summed E-state index contributed by atoms with van der Waals surface area (Å²) < 4.78 is 5.06. The average Bonchev–Trinajstić information content (AvgIpc) is 3.66. The Labute approximate surface area is 205 Å². The summed E-state index contributed by atoms with van der Waals surface area (Å²) in [6, 6.07) is 13.9. The van der Waals surface area contributed by atoms with Crippen molar-refractivity contribution in [2.24, 2.45) is 5.92 Å². The summed E-state index contributed by atoms with van der Waals surface area (Å²) in [5.41, 5.74) is 4.72. The van der Waals surface area contributed by atoms with E-state index in [2.05, 4.69) is 25.9 Å². The Bertz CT molecular complexity index is 1150. The molecule has 0 spiro atoms. The summed E-state index contributed by atoms with van der Waals surface area (Å²) in [5, 5.41) is 9.11. The van der Waals surface area contributed by atoms with Crippen LogP contribution in [0.15, 0.2) is 54.7 Å². The molecule has 2 aromatic heterocycles. The number of anilines is 3. The average molecular weight is 474 g/mol. The van der Waals surface area contributed by atoms with Gasteiger partial charge in [-0.25, -0.2) is 4.98 Å². The number of ether oxygens (including phenoxy) is 1. The van der Waals surface area contributed by atoms with Crippen molar-refractivity contribution in [2.45, 2.75) is 45.6 Å². The van der Waals surface area contributed by atoms with E-state index in [1.807, 2.05) is 38.1 Å². The van der Waals surface area contributed by atoms with Crippen molar-refractivity contribution in [3.05, 3.63) is 71.7 Å². The lowest BCUT2D eigenvalue weighted by Crippen LogP contribution is -2.43. The Balaban J connectivity index is 1.40. The van der Waals surface area contributed by atoms with Crippen LogP contribution in [0, 0.1) is 19.8 Å². The number of hydrogen-bond acceptors (Lipinski definition) is 6. The minimum atomic E-state index is -0.634. The van der Waals surface area contributed by atoms with Gasteiger partial charge >= 0.3 is 0 Å². The molecule has 4 rings (SSSR count). The van der Waals surface area contributed by atoms with Crippen LogP contribution in [0.25, 0.3) is 0 Å². The number of amides is 2. The van der Waals surface area contributed by atoms with E-state index < -0.39 is 6.04 Å². The highest BCUT2D eigenvalue weighted by atomic mass is 16.5. The molecule has 1 atom stereocenters. The van der Waals surface area contributed by atoms with Crippen LogP contribution in [0.3, 0.4) is 0 Å². The van der Waals surface area contributed by atoms with Crippen LogP contribution < -0.4 is 20.7 Å². The zero-order chi connectivity index (χ0) is 24.8. The van der Waals surface area contributed by atoms with E-state index in [0.29, 0.717) is 29.5 Å². The minimum absolute atomic E-state index is 0.257. The number of benzene rings is 1. The van der Waals surface area contributed by atoms with Crippen LogP contribution in [0.1, 0.15) is 47.4 Å². The maximum absolute atomic E-state index is 13.0. The lowest BCUT2D eigenvalue weighted by Gasteiger charge is -2.19. The molecule has 0 radical (unpaired) electrons. The number of methoxy groups -OCH3 is 1. The van der Waals surface area contributed by atoms with Gasteiger partial charge in [0, 0.05) is 34.4 Å². The van der Waals surface area contributed by atoms with Crippen molar-refractivity contribution in [1.82, 2.24) is 15.3 Å². The van der Waals surface area contributed by atoms with Gasteiger partial charge in [0.25, 0.3) is 5.91 Å². The Kier molecular flexibility index (Phi) is 7.60. The molecular weight excluding hydrogens is 442 g/mol. The lowest BCUT2D eigenvalue weighted by molar-refractivity contribution is -0.118. The van der Waals surface area contributed by atoms with Crippen molar-refractivity contribution in [3.63, 3.8) is 0 Å². The molecule has 0 bridgehead atoms. The van der Waals surface area contributed by atoms with E-state index in [4.69, 9.17) is 4.74 Å². The predicted octanol–water partition coefficient (Wildman–Crippen LogP) is 4.77. The normalized spacial score (nSPS) is 13.6. The first kappa shape index (κ1) is 24.2. The maximum Gasteiger partial charge on any atom is 0.251 e. The molecule has 8 nitrogen and oxygen atoms in total. The van der Waals surface area contributed by atoms with Gasteiger partial charge in [-0.05, 0) is 75.1 Å². The number of nitrogens with one attached hydrogen (secondary N) is 3. The van der Waals surface area contributed by atoms with Gasteiger partial charge in [0.2, 0.25) is 11.8 Å². The van der Waals surface area contributed by atoms with Crippen molar-refractivity contribution in [1.29, 1.82) is 0 Å². The Morgan fingerprint density at radius 3 is 2.29 bits per heavy atom. The fraction of sp³-hybridized carbons (Fsp3) is 0.333. The molecule has 1 fully saturated rings. The highest BCUT2D eigenvalue weighted by Gasteiger charge is 2.27. The first-order valence-corrected chi connectivity index (χ1v) is 11.8. The minimum Gasteiger partial charge on any atom is -0.481 e. The molecular formula is C27H31N5O3. The summed E-state index contributed by atoms with van der Waals surface area (Å²) >= 11 is 0. The number of pyridine rings is 2. The third-order valence-electron chi connectivity index (χ3n) is 5.91. The molecule has 0 saturated heterocycles. The number of carbonyl (C=O) groups is 2. The Hall–Kier alpha value is -3.94. The van der Waals surface area contributed by atoms with E-state index in [-0.39, 0.29) is 11.8 Å². The molecule has 1 aromatic carbocycles. The van der Waals surface area contributed by atoms with E-state index in [9.17, 15) is 9.59 Å². The highest BCUT2D eigenvalue weighted by molar-refractivity contribution is 6.01. The smallest absolute Gasteiger partial charge is 0.251 e. The molecule has 2 amide bonds. The van der Waals surface area contributed by atoms with Crippen LogP contribution in [0.5, 0.6) is 5.88 Å². The number of carbonyl (C=O) groups excluding carboxylic acids is 2. The summed E-state index contributed by atoms with van der Waals surface area (Å²) in [7, 11) is 1.54. The second-order valence-corrected chi connectivity index (χ2v) is 8.97. The molecule has 2 heterocycles. The molecule has 0 unspecified atom stereocenters. The van der Waals surface area contributed by atoms with E-state index in [0.717, 1.165) is 29.2 Å². The van der Waals surface area contributed by atoms with E-state index >= 15 is 0 Å². The third-order valence-corrected chi connectivity index (χ3v) is 5.91. The maximum atomic E-state index is 13.0. The number of aryl methyl sites for hydroxylation is 2. The molecule has 3 aromatic rings. The van der Waals surface area contributed by atoms with Gasteiger partial charge in [0.1, 0.15) is 6.04 Å². The van der Waals surface area contributed by atoms with Crippen LogP contribution in [0.2, 0.25) is 0 Å². The molecule has 1 aliphatic carbocycles. The molecule has 8 heteroatoms. The van der Waals surface area contributed by atoms with Gasteiger partial charge < -0.3 is 20.7 Å². The topological polar surface area (TPSA) is 105 Å². The second kappa shape index (κ2) is 11.0. The standard InChI is InChI=1S/C27H31N5O3/c1-17-14-23(15-18(2)29-17)30-21-9-7-20(8-10-21)26(33)32-24(12-6-19-4-5-19)27(34)31-22-11-13-25(35-3)28-16-22/h7-11,13-16,19,24H,4-6,12H2,1-3H3,(H,29,30)(H,31,34)(H,32,33)/t24-/m0/s1. The van der Waals surface area contributed by atoms with Crippen molar-refractivity contribution >= 4 is 28.9 Å². The summed E-state index contributed by atoms with van der Waals surface area (Å²) in [5.74, 6) is 0.577. The second-order valence-electron chi connectivity index (χ2n) is 8.97. The molecule has 35 heavy (non-hydrogen) atoms. The van der Waals surface area contributed by atoms with Crippen LogP contribution in [0.4, 0.5) is 17.1 Å². The molecule has 1 saturated carbocycles. The third kappa shape index (κ3) is 7.02. The fourth-order valence-corrected chi connectivity index (χ4v) is 3.90. The Morgan fingerprint density at radius 1 is 1.00 bits per heavy atom. The van der Waals surface area contributed by atoms with Crippen molar-refractivity contribution in [3.8, 4) is 5.88 Å². The number of aromatic nitrogens is 2. The predicted molar refractivity (Wildman–Crippen MR) is 136 cm³/mol.